The minimum absolute atomic E-state index is 0.179. The molecule has 1 fully saturated rings. The van der Waals surface area contributed by atoms with E-state index < -0.39 is 6.10 Å². The number of carbonyl (C=O) groups is 1. The normalized spacial score (nSPS) is 15.2. The minimum Gasteiger partial charge on any atom is -0.481 e. The number of benzene rings is 2. The molecule has 1 saturated heterocycles. The molecule has 1 aliphatic heterocycles. The van der Waals surface area contributed by atoms with Crippen molar-refractivity contribution in [1.29, 1.82) is 0 Å². The number of halogens is 1. The van der Waals surface area contributed by atoms with Crippen LogP contribution in [-0.2, 0) is 4.79 Å². The Morgan fingerprint density at radius 3 is 2.67 bits per heavy atom. The summed E-state index contributed by atoms with van der Waals surface area (Å²) in [5.74, 6) is 0.402. The standard InChI is InChI=1S/C19H21ClN2O2/c1-14(24-16-8-6-7-15(20)13-16)19(23)21-17-9-2-3-10-18(17)22-11-4-5-12-22/h2-3,6-10,13-14H,4-5,11-12H2,1H3,(H,21,23)/t14-/m0/s1. The van der Waals surface area contributed by atoms with Crippen molar-refractivity contribution in [2.45, 2.75) is 25.9 Å². The molecular formula is C19H21ClN2O2. The molecule has 0 aromatic heterocycles. The molecule has 0 aliphatic carbocycles. The fraction of sp³-hybridized carbons (Fsp3) is 0.316. The van der Waals surface area contributed by atoms with Crippen LogP contribution in [0.4, 0.5) is 11.4 Å². The Balaban J connectivity index is 1.68. The highest BCUT2D eigenvalue weighted by molar-refractivity contribution is 6.30. The van der Waals surface area contributed by atoms with Gasteiger partial charge in [-0.25, -0.2) is 0 Å². The van der Waals surface area contributed by atoms with Gasteiger partial charge in [-0.2, -0.15) is 0 Å². The number of rotatable bonds is 5. The molecular weight excluding hydrogens is 324 g/mol. The van der Waals surface area contributed by atoms with Gasteiger partial charge < -0.3 is 15.0 Å². The average molecular weight is 345 g/mol. The molecule has 1 amide bonds. The highest BCUT2D eigenvalue weighted by Gasteiger charge is 2.19. The van der Waals surface area contributed by atoms with Gasteiger partial charge in [0.25, 0.3) is 5.91 Å². The largest absolute Gasteiger partial charge is 0.481 e. The lowest BCUT2D eigenvalue weighted by Crippen LogP contribution is -2.31. The zero-order valence-corrected chi connectivity index (χ0v) is 14.4. The highest BCUT2D eigenvalue weighted by atomic mass is 35.5. The van der Waals surface area contributed by atoms with Crippen molar-refractivity contribution in [3.63, 3.8) is 0 Å². The molecule has 0 radical (unpaired) electrons. The molecule has 5 heteroatoms. The number of carbonyl (C=O) groups excluding carboxylic acids is 1. The van der Waals surface area contributed by atoms with Crippen molar-refractivity contribution in [2.24, 2.45) is 0 Å². The molecule has 1 aliphatic rings. The van der Waals surface area contributed by atoms with Crippen LogP contribution < -0.4 is 15.0 Å². The summed E-state index contributed by atoms with van der Waals surface area (Å²) in [7, 11) is 0. The molecule has 0 saturated carbocycles. The molecule has 24 heavy (non-hydrogen) atoms. The molecule has 0 bridgehead atoms. The summed E-state index contributed by atoms with van der Waals surface area (Å²) >= 11 is 5.95. The Morgan fingerprint density at radius 1 is 1.17 bits per heavy atom. The predicted octanol–water partition coefficient (Wildman–Crippen LogP) is 4.35. The summed E-state index contributed by atoms with van der Waals surface area (Å²) in [5.41, 5.74) is 1.89. The molecule has 2 aromatic rings. The van der Waals surface area contributed by atoms with Gasteiger partial charge in [-0.05, 0) is 50.1 Å². The predicted molar refractivity (Wildman–Crippen MR) is 98.1 cm³/mol. The molecule has 1 N–H and O–H groups in total. The second-order valence-electron chi connectivity index (χ2n) is 5.92. The fourth-order valence-electron chi connectivity index (χ4n) is 2.85. The number of anilines is 2. The third-order valence-electron chi connectivity index (χ3n) is 4.09. The lowest BCUT2D eigenvalue weighted by atomic mass is 10.2. The van der Waals surface area contributed by atoms with E-state index in [0.29, 0.717) is 10.8 Å². The van der Waals surface area contributed by atoms with Crippen LogP contribution in [0.5, 0.6) is 5.75 Å². The molecule has 0 spiro atoms. The van der Waals surface area contributed by atoms with Crippen LogP contribution in [0, 0.1) is 0 Å². The first-order chi connectivity index (χ1) is 11.6. The monoisotopic (exact) mass is 344 g/mol. The maximum Gasteiger partial charge on any atom is 0.265 e. The number of hydrogen-bond donors (Lipinski definition) is 1. The number of ether oxygens (including phenoxy) is 1. The second kappa shape index (κ2) is 7.58. The fourth-order valence-corrected chi connectivity index (χ4v) is 3.03. The quantitative estimate of drug-likeness (QED) is 0.876. The number of nitrogens with zero attached hydrogens (tertiary/aromatic N) is 1. The van der Waals surface area contributed by atoms with Crippen molar-refractivity contribution in [1.82, 2.24) is 0 Å². The Labute approximate surface area is 147 Å². The topological polar surface area (TPSA) is 41.6 Å². The third kappa shape index (κ3) is 4.01. The van der Waals surface area contributed by atoms with Gasteiger partial charge in [0.2, 0.25) is 0 Å². The van der Waals surface area contributed by atoms with Crippen LogP contribution in [0.25, 0.3) is 0 Å². The molecule has 4 nitrogen and oxygen atoms in total. The lowest BCUT2D eigenvalue weighted by molar-refractivity contribution is -0.122. The number of para-hydroxylation sites is 2. The first-order valence-electron chi connectivity index (χ1n) is 8.20. The van der Waals surface area contributed by atoms with Crippen LogP contribution in [0.1, 0.15) is 19.8 Å². The van der Waals surface area contributed by atoms with E-state index in [1.54, 1.807) is 31.2 Å². The van der Waals surface area contributed by atoms with E-state index in [-0.39, 0.29) is 5.91 Å². The Hall–Kier alpha value is -2.20. The minimum atomic E-state index is -0.616. The van der Waals surface area contributed by atoms with Crippen LogP contribution >= 0.6 is 11.6 Å². The summed E-state index contributed by atoms with van der Waals surface area (Å²) in [6, 6.07) is 14.9. The molecule has 3 rings (SSSR count). The number of nitrogens with one attached hydrogen (secondary N) is 1. The third-order valence-corrected chi connectivity index (χ3v) is 4.32. The van der Waals surface area contributed by atoms with Gasteiger partial charge in [0.05, 0.1) is 11.4 Å². The summed E-state index contributed by atoms with van der Waals surface area (Å²) in [4.78, 5) is 14.8. The van der Waals surface area contributed by atoms with Gasteiger partial charge in [-0.1, -0.05) is 29.8 Å². The van der Waals surface area contributed by atoms with Crippen LogP contribution in [0.15, 0.2) is 48.5 Å². The summed E-state index contributed by atoms with van der Waals surface area (Å²) in [6.07, 6.45) is 1.77. The van der Waals surface area contributed by atoms with E-state index in [4.69, 9.17) is 16.3 Å². The maximum atomic E-state index is 12.5. The summed E-state index contributed by atoms with van der Waals surface area (Å²) in [6.45, 7) is 3.79. The zero-order valence-electron chi connectivity index (χ0n) is 13.7. The highest BCUT2D eigenvalue weighted by Crippen LogP contribution is 2.29. The molecule has 126 valence electrons. The van der Waals surface area contributed by atoms with Crippen molar-refractivity contribution < 1.29 is 9.53 Å². The maximum absolute atomic E-state index is 12.5. The van der Waals surface area contributed by atoms with Gasteiger partial charge in [-0.15, -0.1) is 0 Å². The van der Waals surface area contributed by atoms with Crippen LogP contribution in [0.3, 0.4) is 0 Å². The van der Waals surface area contributed by atoms with Gasteiger partial charge in [0.1, 0.15) is 5.75 Å². The SMILES string of the molecule is C[C@H](Oc1cccc(Cl)c1)C(=O)Nc1ccccc1N1CCCC1. The van der Waals surface area contributed by atoms with E-state index in [1.807, 2.05) is 24.3 Å². The lowest BCUT2D eigenvalue weighted by Gasteiger charge is -2.22. The summed E-state index contributed by atoms with van der Waals surface area (Å²) < 4.78 is 5.68. The van der Waals surface area contributed by atoms with Crippen molar-refractivity contribution in [2.75, 3.05) is 23.3 Å². The van der Waals surface area contributed by atoms with Gasteiger partial charge in [-0.3, -0.25) is 4.79 Å². The van der Waals surface area contributed by atoms with Crippen LogP contribution in [0.2, 0.25) is 5.02 Å². The number of amides is 1. The van der Waals surface area contributed by atoms with Crippen molar-refractivity contribution >= 4 is 28.9 Å². The average Bonchev–Trinajstić information content (AvgIpc) is 3.09. The van der Waals surface area contributed by atoms with Crippen LogP contribution in [-0.4, -0.2) is 25.1 Å². The molecule has 2 aromatic carbocycles. The molecule has 1 heterocycles. The second-order valence-corrected chi connectivity index (χ2v) is 6.35. The molecule has 0 unspecified atom stereocenters. The first-order valence-corrected chi connectivity index (χ1v) is 8.58. The smallest absolute Gasteiger partial charge is 0.265 e. The Morgan fingerprint density at radius 2 is 1.92 bits per heavy atom. The number of hydrogen-bond acceptors (Lipinski definition) is 3. The van der Waals surface area contributed by atoms with E-state index >= 15 is 0 Å². The van der Waals surface area contributed by atoms with Crippen molar-refractivity contribution in [3.8, 4) is 5.75 Å². The van der Waals surface area contributed by atoms with E-state index in [1.165, 1.54) is 12.8 Å². The van der Waals surface area contributed by atoms with Gasteiger partial charge >= 0.3 is 0 Å². The Kier molecular flexibility index (Phi) is 5.26. The Bertz CT molecular complexity index is 714. The van der Waals surface area contributed by atoms with E-state index in [2.05, 4.69) is 10.2 Å². The van der Waals surface area contributed by atoms with E-state index in [9.17, 15) is 4.79 Å². The van der Waals surface area contributed by atoms with Crippen molar-refractivity contribution in [3.05, 3.63) is 53.6 Å². The zero-order chi connectivity index (χ0) is 16.9. The van der Waals surface area contributed by atoms with Gasteiger partial charge in [0.15, 0.2) is 6.10 Å². The molecule has 1 atom stereocenters. The summed E-state index contributed by atoms with van der Waals surface area (Å²) in [5, 5.41) is 3.57. The van der Waals surface area contributed by atoms with Gasteiger partial charge in [0, 0.05) is 18.1 Å². The first kappa shape index (κ1) is 16.7. The van der Waals surface area contributed by atoms with E-state index in [0.717, 1.165) is 24.5 Å².